The Balaban J connectivity index is 1.76. The van der Waals surface area contributed by atoms with Gasteiger partial charge in [0.1, 0.15) is 0 Å². The topological polar surface area (TPSA) is 66.5 Å². The lowest BCUT2D eigenvalue weighted by Gasteiger charge is -2.31. The van der Waals surface area contributed by atoms with Crippen LogP contribution in [0.1, 0.15) is 21.5 Å². The Kier molecular flexibility index (Phi) is 5.37. The first-order valence-electron chi connectivity index (χ1n) is 9.30. The van der Waals surface area contributed by atoms with E-state index in [1.54, 1.807) is 48.5 Å². The minimum Gasteiger partial charge on any atom is -0.360 e. The first kappa shape index (κ1) is 20.2. The number of benzene rings is 3. The number of nitrogens with zero attached hydrogens (tertiary/aromatic N) is 1. The first-order chi connectivity index (χ1) is 14.4. The van der Waals surface area contributed by atoms with E-state index in [4.69, 9.17) is 11.6 Å². The van der Waals surface area contributed by atoms with E-state index in [0.717, 1.165) is 11.1 Å². The monoisotopic (exact) mass is 438 g/mol. The number of rotatable bonds is 4. The van der Waals surface area contributed by atoms with Crippen molar-refractivity contribution in [2.75, 3.05) is 9.62 Å². The molecule has 4 rings (SSSR count). The molecule has 0 atom stereocenters. The number of carbonyl (C=O) groups is 1. The molecule has 0 aliphatic carbocycles. The lowest BCUT2D eigenvalue weighted by Crippen LogP contribution is -2.39. The van der Waals surface area contributed by atoms with Gasteiger partial charge in [0.2, 0.25) is 5.78 Å². The summed E-state index contributed by atoms with van der Waals surface area (Å²) in [4.78, 5) is 12.7. The number of aryl methyl sites for hydroxylation is 1. The zero-order valence-corrected chi connectivity index (χ0v) is 17.7. The largest absolute Gasteiger partial charge is 0.360 e. The van der Waals surface area contributed by atoms with Crippen LogP contribution in [-0.2, 0) is 16.6 Å². The fourth-order valence-corrected chi connectivity index (χ4v) is 4.90. The molecule has 0 fully saturated rings. The van der Waals surface area contributed by atoms with Gasteiger partial charge in [-0.2, -0.15) is 0 Å². The molecule has 0 bridgehead atoms. The molecule has 3 aromatic carbocycles. The number of allylic oxidation sites excluding steroid dienone is 1. The second kappa shape index (κ2) is 7.97. The van der Waals surface area contributed by atoms with Crippen LogP contribution in [0.4, 0.5) is 11.4 Å². The number of nitrogens with one attached hydrogen (secondary N) is 1. The number of carbonyl (C=O) groups excluding carboxylic acids is 1. The Morgan fingerprint density at radius 2 is 1.63 bits per heavy atom. The van der Waals surface area contributed by atoms with Crippen molar-refractivity contribution in [1.29, 1.82) is 0 Å². The lowest BCUT2D eigenvalue weighted by atomic mass is 10.1. The highest BCUT2D eigenvalue weighted by atomic mass is 35.5. The normalized spacial score (nSPS) is 16.4. The van der Waals surface area contributed by atoms with Crippen molar-refractivity contribution in [2.24, 2.45) is 0 Å². The van der Waals surface area contributed by atoms with E-state index in [9.17, 15) is 13.2 Å². The third-order valence-corrected chi connectivity index (χ3v) is 6.89. The Bertz CT molecular complexity index is 1230. The van der Waals surface area contributed by atoms with Gasteiger partial charge in [-0.25, -0.2) is 8.42 Å². The van der Waals surface area contributed by atoms with E-state index < -0.39 is 15.8 Å². The molecule has 1 N–H and O–H groups in total. The maximum Gasteiger partial charge on any atom is 0.270 e. The van der Waals surface area contributed by atoms with Crippen LogP contribution in [0.2, 0.25) is 5.02 Å². The summed E-state index contributed by atoms with van der Waals surface area (Å²) >= 11 is 5.89. The summed E-state index contributed by atoms with van der Waals surface area (Å²) in [6.07, 6.45) is 1.25. The Hall–Kier alpha value is -3.09. The van der Waals surface area contributed by atoms with E-state index in [1.807, 2.05) is 31.2 Å². The van der Waals surface area contributed by atoms with Crippen molar-refractivity contribution in [3.63, 3.8) is 0 Å². The molecule has 5 nitrogen and oxygen atoms in total. The third-order valence-electron chi connectivity index (χ3n) is 4.87. The van der Waals surface area contributed by atoms with Crippen molar-refractivity contribution in [1.82, 2.24) is 0 Å². The van der Waals surface area contributed by atoms with E-state index in [0.29, 0.717) is 22.0 Å². The summed E-state index contributed by atoms with van der Waals surface area (Å²) in [6.45, 7) is 2.10. The Labute approximate surface area is 180 Å². The quantitative estimate of drug-likeness (QED) is 0.573. The average Bonchev–Trinajstić information content (AvgIpc) is 2.73. The molecule has 30 heavy (non-hydrogen) atoms. The lowest BCUT2D eigenvalue weighted by molar-refractivity contribution is 0.104. The highest BCUT2D eigenvalue weighted by Crippen LogP contribution is 2.36. The van der Waals surface area contributed by atoms with Gasteiger partial charge in [0, 0.05) is 22.5 Å². The summed E-state index contributed by atoms with van der Waals surface area (Å²) < 4.78 is 28.1. The number of hydrogen-bond donors (Lipinski definition) is 1. The van der Waals surface area contributed by atoms with Gasteiger partial charge in [-0.1, -0.05) is 53.6 Å². The average molecular weight is 439 g/mol. The molecule has 0 aromatic heterocycles. The molecule has 1 aliphatic rings. The van der Waals surface area contributed by atoms with Crippen LogP contribution in [0.3, 0.4) is 0 Å². The number of halogens is 1. The van der Waals surface area contributed by atoms with Crippen LogP contribution >= 0.6 is 11.6 Å². The van der Waals surface area contributed by atoms with Gasteiger partial charge in [0.05, 0.1) is 12.2 Å². The number of fused-ring (bicyclic) bond motifs is 1. The van der Waals surface area contributed by atoms with Crippen molar-refractivity contribution in [3.8, 4) is 0 Å². The van der Waals surface area contributed by atoms with Crippen LogP contribution in [0, 0.1) is 6.92 Å². The molecule has 1 aliphatic heterocycles. The molecular weight excluding hydrogens is 420 g/mol. The molecule has 152 valence electrons. The zero-order chi connectivity index (χ0) is 21.3. The maximum absolute atomic E-state index is 13.4. The number of sulfonamides is 1. The summed E-state index contributed by atoms with van der Waals surface area (Å²) in [5, 5.41) is 3.47. The zero-order valence-electron chi connectivity index (χ0n) is 16.2. The second-order valence-electron chi connectivity index (χ2n) is 7.00. The van der Waals surface area contributed by atoms with Crippen molar-refractivity contribution in [2.45, 2.75) is 13.5 Å². The van der Waals surface area contributed by atoms with Crippen molar-refractivity contribution in [3.05, 3.63) is 106 Å². The van der Waals surface area contributed by atoms with Gasteiger partial charge in [-0.3, -0.25) is 9.10 Å². The minimum absolute atomic E-state index is 0.130. The number of anilines is 2. The highest BCUT2D eigenvalue weighted by Gasteiger charge is 2.39. The van der Waals surface area contributed by atoms with Crippen LogP contribution in [-0.4, -0.2) is 14.2 Å². The predicted molar refractivity (Wildman–Crippen MR) is 120 cm³/mol. The smallest absolute Gasteiger partial charge is 0.270 e. The van der Waals surface area contributed by atoms with Gasteiger partial charge >= 0.3 is 0 Å². The number of ketones is 1. The summed E-state index contributed by atoms with van der Waals surface area (Å²) in [6, 6.07) is 21.2. The first-order valence-corrected chi connectivity index (χ1v) is 11.1. The van der Waals surface area contributed by atoms with Crippen molar-refractivity contribution < 1.29 is 13.2 Å². The van der Waals surface area contributed by atoms with E-state index >= 15 is 0 Å². The maximum atomic E-state index is 13.4. The van der Waals surface area contributed by atoms with Gasteiger partial charge in [-0.15, -0.1) is 0 Å². The molecule has 0 saturated carbocycles. The van der Waals surface area contributed by atoms with Gasteiger partial charge in [0.25, 0.3) is 10.0 Å². The van der Waals surface area contributed by atoms with E-state index in [2.05, 4.69) is 5.32 Å². The van der Waals surface area contributed by atoms with Gasteiger partial charge in [-0.05, 0) is 48.9 Å². The van der Waals surface area contributed by atoms with Gasteiger partial charge < -0.3 is 5.32 Å². The molecule has 7 heteroatoms. The SMILES string of the molecule is Cc1ccc(CN2c3ccccc3C(=O)/C(=C\Nc3ccc(Cl)cc3)S2(=O)=O)cc1. The summed E-state index contributed by atoms with van der Waals surface area (Å²) in [7, 11) is -4.06. The van der Waals surface area contributed by atoms with Crippen LogP contribution < -0.4 is 9.62 Å². The van der Waals surface area contributed by atoms with Gasteiger partial charge in [0.15, 0.2) is 4.91 Å². The molecule has 0 spiro atoms. The number of para-hydroxylation sites is 1. The fourth-order valence-electron chi connectivity index (χ4n) is 3.25. The molecule has 0 saturated heterocycles. The second-order valence-corrected chi connectivity index (χ2v) is 9.27. The van der Waals surface area contributed by atoms with E-state index in [1.165, 1.54) is 10.5 Å². The molecular formula is C23H19ClN2O3S. The molecule has 0 unspecified atom stereocenters. The van der Waals surface area contributed by atoms with Crippen LogP contribution in [0.25, 0.3) is 0 Å². The standard InChI is InChI=1S/C23H19ClN2O3S/c1-16-6-8-17(9-7-16)15-26-21-5-3-2-4-20(21)23(27)22(30(26,28)29)14-25-19-12-10-18(24)11-13-19/h2-14,25H,15H2,1H3/b22-14+. The predicted octanol–water partition coefficient (Wildman–Crippen LogP) is 5.13. The number of Topliss-reactive ketones (excluding diaryl/α,β-unsaturated/α-hetero) is 1. The Morgan fingerprint density at radius 1 is 0.967 bits per heavy atom. The van der Waals surface area contributed by atoms with Crippen molar-refractivity contribution >= 4 is 38.8 Å². The molecule has 3 aromatic rings. The molecule has 0 amide bonds. The summed E-state index contributed by atoms with van der Waals surface area (Å²) in [5.41, 5.74) is 3.27. The highest BCUT2D eigenvalue weighted by molar-refractivity contribution is 7.97. The Morgan fingerprint density at radius 3 is 2.33 bits per heavy atom. The van der Waals surface area contributed by atoms with Crippen LogP contribution in [0.15, 0.2) is 83.9 Å². The molecule has 1 heterocycles. The fraction of sp³-hybridized carbons (Fsp3) is 0.0870. The summed E-state index contributed by atoms with van der Waals surface area (Å²) in [5.74, 6) is -0.535. The minimum atomic E-state index is -4.06. The molecule has 0 radical (unpaired) electrons. The van der Waals surface area contributed by atoms with Crippen LogP contribution in [0.5, 0.6) is 0 Å². The third kappa shape index (κ3) is 3.84. The van der Waals surface area contributed by atoms with E-state index in [-0.39, 0.29) is 11.4 Å². The number of hydrogen-bond acceptors (Lipinski definition) is 4.